The van der Waals surface area contributed by atoms with Crippen LogP contribution in [-0.2, 0) is 14.3 Å². The zero-order valence-corrected chi connectivity index (χ0v) is 12.8. The summed E-state index contributed by atoms with van der Waals surface area (Å²) in [6.07, 6.45) is 1.43. The summed E-state index contributed by atoms with van der Waals surface area (Å²) in [6.45, 7) is 0.518. The van der Waals surface area contributed by atoms with Gasteiger partial charge in [-0.25, -0.2) is 4.79 Å². The lowest BCUT2D eigenvalue weighted by atomic mass is 10.1. The second kappa shape index (κ2) is 7.11. The van der Waals surface area contributed by atoms with Crippen molar-refractivity contribution in [3.8, 4) is 17.6 Å². The van der Waals surface area contributed by atoms with Gasteiger partial charge in [-0.3, -0.25) is 0 Å². The van der Waals surface area contributed by atoms with Crippen molar-refractivity contribution in [2.45, 2.75) is 0 Å². The third-order valence-corrected chi connectivity index (χ3v) is 3.21. The molecule has 0 atom stereocenters. The Morgan fingerprint density at radius 1 is 1.48 bits per heavy atom. The molecule has 1 aliphatic heterocycles. The van der Waals surface area contributed by atoms with Crippen molar-refractivity contribution in [1.29, 1.82) is 5.26 Å². The van der Waals surface area contributed by atoms with Gasteiger partial charge >= 0.3 is 5.97 Å². The Hall–Kier alpha value is -2.04. The van der Waals surface area contributed by atoms with E-state index in [2.05, 4.69) is 15.9 Å². The van der Waals surface area contributed by atoms with Gasteiger partial charge in [-0.1, -0.05) is 0 Å². The van der Waals surface area contributed by atoms with Crippen LogP contribution in [0.4, 0.5) is 0 Å². The Morgan fingerprint density at radius 3 is 3.00 bits per heavy atom. The van der Waals surface area contributed by atoms with Crippen LogP contribution in [0.25, 0.3) is 6.08 Å². The maximum absolute atomic E-state index is 11.7. The number of nitrogens with zero attached hydrogens (tertiary/aromatic N) is 1. The highest BCUT2D eigenvalue weighted by Gasteiger charge is 2.18. The quantitative estimate of drug-likeness (QED) is 0.349. The fourth-order valence-corrected chi connectivity index (χ4v) is 2.24. The monoisotopic (exact) mass is 353 g/mol. The van der Waals surface area contributed by atoms with Gasteiger partial charge in [0.15, 0.2) is 11.5 Å². The van der Waals surface area contributed by atoms with E-state index in [1.54, 1.807) is 12.1 Å². The van der Waals surface area contributed by atoms with Gasteiger partial charge in [-0.05, 0) is 39.7 Å². The Morgan fingerprint density at radius 2 is 2.29 bits per heavy atom. The van der Waals surface area contributed by atoms with Crippen molar-refractivity contribution in [2.75, 3.05) is 27.1 Å². The van der Waals surface area contributed by atoms with E-state index in [0.717, 1.165) is 0 Å². The lowest BCUT2D eigenvalue weighted by molar-refractivity contribution is -0.139. The van der Waals surface area contributed by atoms with Gasteiger partial charge in [-0.15, -0.1) is 0 Å². The number of hydrogen-bond donors (Lipinski definition) is 0. The molecule has 1 aromatic rings. The van der Waals surface area contributed by atoms with Crippen LogP contribution in [0.15, 0.2) is 22.2 Å². The predicted octanol–water partition coefficient (Wildman–Crippen LogP) is 2.27. The first-order valence-corrected chi connectivity index (χ1v) is 6.82. The number of carbonyl (C=O) groups excluding carboxylic acids is 1. The minimum Gasteiger partial charge on any atom is -0.459 e. The van der Waals surface area contributed by atoms with Gasteiger partial charge in [0.05, 0.1) is 11.1 Å². The Bertz CT molecular complexity index is 621. The molecule has 0 unspecified atom stereocenters. The summed E-state index contributed by atoms with van der Waals surface area (Å²) in [6, 6.07) is 5.24. The van der Waals surface area contributed by atoms with Crippen LogP contribution in [0.3, 0.4) is 0 Å². The van der Waals surface area contributed by atoms with Crippen molar-refractivity contribution in [1.82, 2.24) is 0 Å². The summed E-state index contributed by atoms with van der Waals surface area (Å²) in [7, 11) is 1.50. The fraction of sp³-hybridized carbons (Fsp3) is 0.286. The minimum atomic E-state index is -0.691. The van der Waals surface area contributed by atoms with Gasteiger partial charge in [0.25, 0.3) is 0 Å². The van der Waals surface area contributed by atoms with Gasteiger partial charge in [0, 0.05) is 7.11 Å². The molecule has 0 bridgehead atoms. The molecule has 0 spiro atoms. The molecular formula is C14H12BrNO5. The van der Waals surface area contributed by atoms with Gasteiger partial charge in [-0.2, -0.15) is 5.26 Å². The third-order valence-electron chi connectivity index (χ3n) is 2.62. The fourth-order valence-electron chi connectivity index (χ4n) is 1.67. The molecule has 6 nitrogen and oxygen atoms in total. The molecule has 0 amide bonds. The number of methoxy groups -OCH3 is 1. The number of rotatable bonds is 5. The number of esters is 1. The highest BCUT2D eigenvalue weighted by atomic mass is 79.9. The summed E-state index contributed by atoms with van der Waals surface area (Å²) >= 11 is 3.35. The van der Waals surface area contributed by atoms with Crippen LogP contribution in [0.2, 0.25) is 0 Å². The summed E-state index contributed by atoms with van der Waals surface area (Å²) in [5.74, 6) is 0.470. The van der Waals surface area contributed by atoms with E-state index in [4.69, 9.17) is 24.2 Å². The molecule has 21 heavy (non-hydrogen) atoms. The Kier molecular flexibility index (Phi) is 5.20. The first-order chi connectivity index (χ1) is 10.2. The molecule has 110 valence electrons. The zero-order valence-electron chi connectivity index (χ0n) is 11.2. The highest BCUT2D eigenvalue weighted by molar-refractivity contribution is 9.10. The molecule has 0 radical (unpaired) electrons. The lowest BCUT2D eigenvalue weighted by Gasteiger charge is -2.04. The standard InChI is InChI=1S/C14H12BrNO5/c1-18-2-3-19-14(17)10(7-16)4-9-5-11(15)13-12(6-9)20-8-21-13/h4-6H,2-3,8H2,1H3/b10-4+. The molecule has 2 rings (SSSR count). The van der Waals surface area contributed by atoms with E-state index >= 15 is 0 Å². The minimum absolute atomic E-state index is 0.0964. The molecule has 0 saturated heterocycles. The van der Waals surface area contributed by atoms with Crippen LogP contribution in [0.5, 0.6) is 11.5 Å². The van der Waals surface area contributed by atoms with Crippen LogP contribution in [-0.4, -0.2) is 33.1 Å². The molecule has 1 heterocycles. The molecule has 1 aromatic carbocycles. The molecule has 0 aliphatic carbocycles. The van der Waals surface area contributed by atoms with Crippen LogP contribution >= 0.6 is 15.9 Å². The molecule has 0 fully saturated rings. The number of nitriles is 1. The zero-order chi connectivity index (χ0) is 15.2. The number of ether oxygens (including phenoxy) is 4. The van der Waals surface area contributed by atoms with Crippen molar-refractivity contribution in [3.63, 3.8) is 0 Å². The number of carbonyl (C=O) groups is 1. The average Bonchev–Trinajstić information content (AvgIpc) is 2.93. The highest BCUT2D eigenvalue weighted by Crippen LogP contribution is 2.40. The number of hydrogen-bond acceptors (Lipinski definition) is 6. The second-order valence-electron chi connectivity index (χ2n) is 4.04. The van der Waals surface area contributed by atoms with E-state index in [9.17, 15) is 4.79 Å². The van der Waals surface area contributed by atoms with E-state index < -0.39 is 5.97 Å². The van der Waals surface area contributed by atoms with Crippen molar-refractivity contribution >= 4 is 28.0 Å². The third kappa shape index (κ3) is 3.74. The second-order valence-corrected chi connectivity index (χ2v) is 4.89. The van der Waals surface area contributed by atoms with Crippen molar-refractivity contribution in [2.24, 2.45) is 0 Å². The van der Waals surface area contributed by atoms with Gasteiger partial charge in [0.2, 0.25) is 6.79 Å². The summed E-state index contributed by atoms with van der Waals surface area (Å²) < 4.78 is 20.9. The summed E-state index contributed by atoms with van der Waals surface area (Å²) in [5.41, 5.74) is 0.531. The normalized spacial score (nSPS) is 12.9. The van der Waals surface area contributed by atoms with Crippen LogP contribution < -0.4 is 9.47 Å². The van der Waals surface area contributed by atoms with E-state index in [0.29, 0.717) is 21.5 Å². The maximum Gasteiger partial charge on any atom is 0.348 e. The predicted molar refractivity (Wildman–Crippen MR) is 76.7 cm³/mol. The van der Waals surface area contributed by atoms with Gasteiger partial charge in [0.1, 0.15) is 18.2 Å². The molecule has 1 aliphatic rings. The summed E-state index contributed by atoms with van der Waals surface area (Å²) in [5, 5.41) is 9.06. The first-order valence-electron chi connectivity index (χ1n) is 6.02. The summed E-state index contributed by atoms with van der Waals surface area (Å²) in [4.78, 5) is 11.7. The Balaban J connectivity index is 2.19. The van der Waals surface area contributed by atoms with Crippen molar-refractivity contribution < 1.29 is 23.7 Å². The van der Waals surface area contributed by atoms with Gasteiger partial charge < -0.3 is 18.9 Å². The molecule has 0 saturated carbocycles. The maximum atomic E-state index is 11.7. The average molecular weight is 354 g/mol. The van der Waals surface area contributed by atoms with E-state index in [1.165, 1.54) is 13.2 Å². The SMILES string of the molecule is COCCOC(=O)/C(C#N)=C/c1cc(Br)c2c(c1)OCO2. The first kappa shape index (κ1) is 15.4. The topological polar surface area (TPSA) is 77.8 Å². The molecule has 7 heteroatoms. The smallest absolute Gasteiger partial charge is 0.348 e. The van der Waals surface area contributed by atoms with Crippen LogP contribution in [0.1, 0.15) is 5.56 Å². The number of halogens is 1. The molecule has 0 N–H and O–H groups in total. The molecular weight excluding hydrogens is 342 g/mol. The van der Waals surface area contributed by atoms with E-state index in [-0.39, 0.29) is 25.6 Å². The largest absolute Gasteiger partial charge is 0.459 e. The van der Waals surface area contributed by atoms with Crippen molar-refractivity contribution in [3.05, 3.63) is 27.7 Å². The Labute approximate surface area is 130 Å². The number of fused-ring (bicyclic) bond motifs is 1. The molecule has 0 aromatic heterocycles. The van der Waals surface area contributed by atoms with Crippen LogP contribution in [0, 0.1) is 11.3 Å². The van der Waals surface area contributed by atoms with E-state index in [1.807, 2.05) is 6.07 Å². The number of benzene rings is 1. The lowest BCUT2D eigenvalue weighted by Crippen LogP contribution is -2.11.